The van der Waals surface area contributed by atoms with Crippen LogP contribution in [0.4, 0.5) is 5.69 Å². The van der Waals surface area contributed by atoms with E-state index in [1.807, 2.05) is 48.5 Å². The number of hydrogen-bond donors (Lipinski definition) is 1. The highest BCUT2D eigenvalue weighted by molar-refractivity contribution is 6.30. The van der Waals surface area contributed by atoms with Gasteiger partial charge in [-0.05, 0) is 23.8 Å². The standard InChI is InChI=1S/C24H25ClN6O2/c1-28-15-19(13-26-28)18-4-7-21-22(14-27-31(21)16-18)29-8-10-30(11-9-29)24(33)23(32)12-17-2-5-20(25)6-3-17/h2-7,13-16,23,32H,8-12H2,1H3. The van der Waals surface area contributed by atoms with Gasteiger partial charge in [-0.1, -0.05) is 29.8 Å². The number of aryl methyl sites for hydroxylation is 1. The number of halogens is 1. The van der Waals surface area contributed by atoms with E-state index in [1.165, 1.54) is 0 Å². The van der Waals surface area contributed by atoms with Crippen LogP contribution in [-0.4, -0.2) is 67.6 Å². The summed E-state index contributed by atoms with van der Waals surface area (Å²) in [5.74, 6) is -0.231. The zero-order valence-corrected chi connectivity index (χ0v) is 19.1. The van der Waals surface area contributed by atoms with Gasteiger partial charge in [-0.3, -0.25) is 9.48 Å². The molecule has 9 heteroatoms. The lowest BCUT2D eigenvalue weighted by Gasteiger charge is -2.36. The molecule has 170 valence electrons. The van der Waals surface area contributed by atoms with Crippen LogP contribution in [-0.2, 0) is 18.3 Å². The van der Waals surface area contributed by atoms with Crippen LogP contribution >= 0.6 is 11.6 Å². The predicted molar refractivity (Wildman–Crippen MR) is 127 cm³/mol. The van der Waals surface area contributed by atoms with Crippen molar-refractivity contribution in [2.45, 2.75) is 12.5 Å². The van der Waals surface area contributed by atoms with Crippen molar-refractivity contribution >= 4 is 28.7 Å². The summed E-state index contributed by atoms with van der Waals surface area (Å²) in [6.07, 6.45) is 6.91. The second-order valence-electron chi connectivity index (χ2n) is 8.34. The normalized spacial score (nSPS) is 15.2. The number of aliphatic hydroxyl groups is 1. The SMILES string of the molecule is Cn1cc(-c2ccc3c(N4CCN(C(=O)C(O)Cc5ccc(Cl)cc5)CC4)cnn3c2)cn1. The molecule has 0 spiro atoms. The Bertz CT molecular complexity index is 1270. The van der Waals surface area contributed by atoms with Gasteiger partial charge < -0.3 is 14.9 Å². The van der Waals surface area contributed by atoms with E-state index in [9.17, 15) is 9.90 Å². The molecule has 1 atom stereocenters. The van der Waals surface area contributed by atoms with E-state index in [0.717, 1.165) is 27.9 Å². The zero-order valence-electron chi connectivity index (χ0n) is 18.3. The van der Waals surface area contributed by atoms with E-state index in [0.29, 0.717) is 31.2 Å². The molecule has 1 aliphatic heterocycles. The van der Waals surface area contributed by atoms with Crippen molar-refractivity contribution in [2.75, 3.05) is 31.1 Å². The molecule has 1 amide bonds. The van der Waals surface area contributed by atoms with Gasteiger partial charge in [0.25, 0.3) is 5.91 Å². The first-order valence-corrected chi connectivity index (χ1v) is 11.3. The maximum atomic E-state index is 12.8. The summed E-state index contributed by atoms with van der Waals surface area (Å²) in [7, 11) is 1.90. The predicted octanol–water partition coefficient (Wildman–Crippen LogP) is 2.64. The van der Waals surface area contributed by atoms with Gasteiger partial charge in [0, 0.05) is 68.2 Å². The van der Waals surface area contributed by atoms with Crippen LogP contribution in [0.1, 0.15) is 5.56 Å². The van der Waals surface area contributed by atoms with Gasteiger partial charge in [-0.2, -0.15) is 10.2 Å². The molecule has 5 rings (SSSR count). The lowest BCUT2D eigenvalue weighted by molar-refractivity contribution is -0.140. The van der Waals surface area contributed by atoms with Crippen LogP contribution in [0.25, 0.3) is 16.6 Å². The van der Waals surface area contributed by atoms with Gasteiger partial charge in [0.1, 0.15) is 6.10 Å². The van der Waals surface area contributed by atoms with E-state index >= 15 is 0 Å². The Morgan fingerprint density at radius 2 is 1.76 bits per heavy atom. The average molecular weight is 465 g/mol. The molecule has 0 aliphatic carbocycles. The van der Waals surface area contributed by atoms with E-state index in [2.05, 4.69) is 27.2 Å². The number of piperazine rings is 1. The first-order valence-electron chi connectivity index (χ1n) is 10.9. The second-order valence-corrected chi connectivity index (χ2v) is 8.78. The maximum absolute atomic E-state index is 12.8. The van der Waals surface area contributed by atoms with Crippen molar-refractivity contribution in [1.82, 2.24) is 24.3 Å². The molecule has 1 aromatic carbocycles. The van der Waals surface area contributed by atoms with E-state index in [4.69, 9.17) is 11.6 Å². The Balaban J connectivity index is 1.23. The molecule has 3 aromatic heterocycles. The number of rotatable bonds is 5. The third kappa shape index (κ3) is 4.44. The summed E-state index contributed by atoms with van der Waals surface area (Å²) in [4.78, 5) is 16.7. The summed E-state index contributed by atoms with van der Waals surface area (Å²) in [5, 5.41) is 19.9. The number of amides is 1. The van der Waals surface area contributed by atoms with Gasteiger partial charge >= 0.3 is 0 Å². The minimum Gasteiger partial charge on any atom is -0.383 e. The smallest absolute Gasteiger partial charge is 0.251 e. The lowest BCUT2D eigenvalue weighted by Crippen LogP contribution is -2.51. The molecule has 1 aliphatic rings. The van der Waals surface area contributed by atoms with Crippen LogP contribution in [0.3, 0.4) is 0 Å². The van der Waals surface area contributed by atoms with Gasteiger partial charge in [-0.15, -0.1) is 0 Å². The van der Waals surface area contributed by atoms with Crippen LogP contribution < -0.4 is 4.90 Å². The number of anilines is 1. The number of fused-ring (bicyclic) bond motifs is 1. The zero-order chi connectivity index (χ0) is 22.9. The van der Waals surface area contributed by atoms with Gasteiger partial charge in [0.2, 0.25) is 0 Å². The average Bonchev–Trinajstić information content (AvgIpc) is 3.46. The van der Waals surface area contributed by atoms with E-state index in [-0.39, 0.29) is 12.3 Å². The minimum absolute atomic E-state index is 0.231. The monoisotopic (exact) mass is 464 g/mol. The fourth-order valence-electron chi connectivity index (χ4n) is 4.26. The molecule has 4 heterocycles. The van der Waals surface area contributed by atoms with Gasteiger partial charge in [0.05, 0.1) is 23.6 Å². The number of carbonyl (C=O) groups excluding carboxylic acids is 1. The van der Waals surface area contributed by atoms with Crippen molar-refractivity contribution in [3.05, 3.63) is 71.8 Å². The van der Waals surface area contributed by atoms with Crippen LogP contribution in [0.2, 0.25) is 5.02 Å². The molecule has 8 nitrogen and oxygen atoms in total. The van der Waals surface area contributed by atoms with Crippen LogP contribution in [0, 0.1) is 0 Å². The summed E-state index contributed by atoms with van der Waals surface area (Å²) < 4.78 is 3.66. The molecule has 1 saturated heterocycles. The fraction of sp³-hybridized carbons (Fsp3) is 0.292. The van der Waals surface area contributed by atoms with Crippen molar-refractivity contribution < 1.29 is 9.90 Å². The van der Waals surface area contributed by atoms with Crippen molar-refractivity contribution in [2.24, 2.45) is 7.05 Å². The Morgan fingerprint density at radius 1 is 1.00 bits per heavy atom. The molecule has 4 aromatic rings. The Hall–Kier alpha value is -3.36. The molecule has 33 heavy (non-hydrogen) atoms. The highest BCUT2D eigenvalue weighted by Crippen LogP contribution is 2.26. The number of hydrogen-bond acceptors (Lipinski definition) is 5. The topological polar surface area (TPSA) is 78.9 Å². The second kappa shape index (κ2) is 8.88. The van der Waals surface area contributed by atoms with Gasteiger partial charge in [-0.25, -0.2) is 4.52 Å². The van der Waals surface area contributed by atoms with E-state index < -0.39 is 6.10 Å². The lowest BCUT2D eigenvalue weighted by atomic mass is 10.1. The van der Waals surface area contributed by atoms with Crippen LogP contribution in [0.15, 0.2) is 61.2 Å². The number of nitrogens with zero attached hydrogens (tertiary/aromatic N) is 6. The third-order valence-corrected chi connectivity index (χ3v) is 6.35. The molecule has 0 saturated carbocycles. The maximum Gasteiger partial charge on any atom is 0.251 e. The number of pyridine rings is 1. The van der Waals surface area contributed by atoms with Crippen molar-refractivity contribution in [1.29, 1.82) is 0 Å². The first kappa shape index (κ1) is 21.5. The van der Waals surface area contributed by atoms with Crippen molar-refractivity contribution in [3.63, 3.8) is 0 Å². The number of benzene rings is 1. The highest BCUT2D eigenvalue weighted by Gasteiger charge is 2.27. The molecule has 1 unspecified atom stereocenters. The number of carbonyl (C=O) groups is 1. The van der Waals surface area contributed by atoms with Crippen LogP contribution in [0.5, 0.6) is 0 Å². The largest absolute Gasteiger partial charge is 0.383 e. The van der Waals surface area contributed by atoms with Crippen molar-refractivity contribution in [3.8, 4) is 11.1 Å². The summed E-state index contributed by atoms with van der Waals surface area (Å²) >= 11 is 5.91. The summed E-state index contributed by atoms with van der Waals surface area (Å²) in [5.41, 5.74) is 5.04. The quantitative estimate of drug-likeness (QED) is 0.491. The highest BCUT2D eigenvalue weighted by atomic mass is 35.5. The fourth-order valence-corrected chi connectivity index (χ4v) is 4.39. The molecular formula is C24H25ClN6O2. The first-order chi connectivity index (χ1) is 16.0. The number of aromatic nitrogens is 4. The molecule has 0 bridgehead atoms. The number of aliphatic hydroxyl groups excluding tert-OH is 1. The minimum atomic E-state index is -1.05. The Morgan fingerprint density at radius 3 is 2.45 bits per heavy atom. The third-order valence-electron chi connectivity index (χ3n) is 6.09. The summed E-state index contributed by atoms with van der Waals surface area (Å²) in [6, 6.07) is 11.3. The van der Waals surface area contributed by atoms with E-state index in [1.54, 1.807) is 21.7 Å². The Kier molecular flexibility index (Phi) is 5.78. The molecular weight excluding hydrogens is 440 g/mol. The molecule has 1 N–H and O–H groups in total. The summed E-state index contributed by atoms with van der Waals surface area (Å²) in [6.45, 7) is 2.49. The Labute approximate surface area is 196 Å². The van der Waals surface area contributed by atoms with Gasteiger partial charge in [0.15, 0.2) is 0 Å². The molecule has 0 radical (unpaired) electrons. The molecule has 1 fully saturated rings.